The van der Waals surface area contributed by atoms with Gasteiger partial charge in [0.25, 0.3) is 0 Å². The van der Waals surface area contributed by atoms with Crippen LogP contribution in [0, 0.1) is 0 Å². The van der Waals surface area contributed by atoms with Crippen LogP contribution in [0.2, 0.25) is 0 Å². The third-order valence-corrected chi connectivity index (χ3v) is 3.47. The Kier molecular flexibility index (Phi) is 4.26. The minimum Gasteiger partial charge on any atom is -0.394 e. The van der Waals surface area contributed by atoms with Gasteiger partial charge in [0.05, 0.1) is 6.61 Å². The molecule has 0 saturated carbocycles. The fourth-order valence-corrected chi connectivity index (χ4v) is 2.75. The largest absolute Gasteiger partial charge is 0.394 e. The highest BCUT2D eigenvalue weighted by Crippen LogP contribution is 2.39. The van der Waals surface area contributed by atoms with Crippen LogP contribution < -0.4 is 0 Å². The highest BCUT2D eigenvalue weighted by atomic mass is 16.8. The van der Waals surface area contributed by atoms with E-state index in [2.05, 4.69) is 6.58 Å². The van der Waals surface area contributed by atoms with E-state index >= 15 is 0 Å². The van der Waals surface area contributed by atoms with Crippen LogP contribution in [-0.4, -0.2) is 58.9 Å². The smallest absolute Gasteiger partial charge is 0.164 e. The Morgan fingerprint density at radius 2 is 1.60 bits per heavy atom. The Balaban J connectivity index is 2.22. The fraction of sp³-hybridized carbons (Fsp3) is 0.857. The molecule has 2 fully saturated rings. The van der Waals surface area contributed by atoms with Crippen LogP contribution in [0.15, 0.2) is 12.7 Å². The van der Waals surface area contributed by atoms with Crippen molar-refractivity contribution in [1.29, 1.82) is 0 Å². The van der Waals surface area contributed by atoms with E-state index in [9.17, 15) is 10.2 Å². The first-order valence-electron chi connectivity index (χ1n) is 6.82. The average Bonchev–Trinajstić information content (AvgIpc) is 2.84. The molecule has 0 amide bonds. The molecule has 5 atom stereocenters. The zero-order chi connectivity index (χ0) is 15.1. The molecule has 0 unspecified atom stereocenters. The first-order valence-corrected chi connectivity index (χ1v) is 6.82. The molecule has 6 nitrogen and oxygen atoms in total. The number of rotatable bonds is 4. The number of aliphatic hydroxyl groups is 2. The lowest BCUT2D eigenvalue weighted by Crippen LogP contribution is -2.46. The quantitative estimate of drug-likeness (QED) is 0.736. The van der Waals surface area contributed by atoms with Gasteiger partial charge in [0.15, 0.2) is 11.6 Å². The average molecular weight is 288 g/mol. The summed E-state index contributed by atoms with van der Waals surface area (Å²) in [7, 11) is 0. The molecule has 0 bridgehead atoms. The van der Waals surface area contributed by atoms with Crippen molar-refractivity contribution in [2.75, 3.05) is 6.61 Å². The minimum absolute atomic E-state index is 0.189. The fourth-order valence-electron chi connectivity index (χ4n) is 2.75. The van der Waals surface area contributed by atoms with Gasteiger partial charge in [0.1, 0.15) is 30.5 Å². The van der Waals surface area contributed by atoms with Crippen molar-refractivity contribution in [3.63, 3.8) is 0 Å². The van der Waals surface area contributed by atoms with Gasteiger partial charge in [0.2, 0.25) is 0 Å². The van der Waals surface area contributed by atoms with Gasteiger partial charge in [-0.3, -0.25) is 0 Å². The molecule has 2 heterocycles. The van der Waals surface area contributed by atoms with E-state index in [1.807, 2.05) is 0 Å². The Bertz CT molecular complexity index is 367. The normalized spacial score (nSPS) is 40.7. The van der Waals surface area contributed by atoms with Crippen LogP contribution in [0.1, 0.15) is 27.7 Å². The van der Waals surface area contributed by atoms with Crippen LogP contribution in [0.3, 0.4) is 0 Å². The Labute approximate surface area is 119 Å². The van der Waals surface area contributed by atoms with E-state index in [0.717, 1.165) is 0 Å². The summed E-state index contributed by atoms with van der Waals surface area (Å²) in [6.45, 7) is 10.5. The lowest BCUT2D eigenvalue weighted by Gasteiger charge is -2.26. The summed E-state index contributed by atoms with van der Waals surface area (Å²) >= 11 is 0. The molecular formula is C14H24O6. The zero-order valence-corrected chi connectivity index (χ0v) is 12.4. The summed E-state index contributed by atoms with van der Waals surface area (Å²) in [4.78, 5) is 0. The molecule has 0 aromatic rings. The molecule has 0 aliphatic carbocycles. The second-order valence-electron chi connectivity index (χ2n) is 6.11. The van der Waals surface area contributed by atoms with Crippen LogP contribution in [0.4, 0.5) is 0 Å². The van der Waals surface area contributed by atoms with E-state index in [-0.39, 0.29) is 6.61 Å². The van der Waals surface area contributed by atoms with E-state index in [1.165, 1.54) is 6.08 Å². The van der Waals surface area contributed by atoms with Gasteiger partial charge in [-0.15, -0.1) is 6.58 Å². The van der Waals surface area contributed by atoms with E-state index in [1.54, 1.807) is 27.7 Å². The maximum Gasteiger partial charge on any atom is 0.164 e. The van der Waals surface area contributed by atoms with Crippen molar-refractivity contribution in [3.8, 4) is 0 Å². The number of hydrogen-bond acceptors (Lipinski definition) is 6. The van der Waals surface area contributed by atoms with E-state index in [4.69, 9.17) is 18.9 Å². The van der Waals surface area contributed by atoms with Crippen LogP contribution >= 0.6 is 0 Å². The summed E-state index contributed by atoms with van der Waals surface area (Å²) in [5.41, 5.74) is 0. The zero-order valence-electron chi connectivity index (χ0n) is 12.4. The molecule has 20 heavy (non-hydrogen) atoms. The molecule has 0 radical (unpaired) electrons. The lowest BCUT2D eigenvalue weighted by molar-refractivity contribution is -0.175. The molecule has 0 spiro atoms. The van der Waals surface area contributed by atoms with Gasteiger partial charge in [-0.1, -0.05) is 6.08 Å². The second-order valence-corrected chi connectivity index (χ2v) is 6.11. The Morgan fingerprint density at radius 1 is 1.05 bits per heavy atom. The van der Waals surface area contributed by atoms with E-state index in [0.29, 0.717) is 0 Å². The summed E-state index contributed by atoms with van der Waals surface area (Å²) in [5.74, 6) is -1.65. The van der Waals surface area contributed by atoms with Crippen LogP contribution in [0.25, 0.3) is 0 Å². The van der Waals surface area contributed by atoms with Crippen molar-refractivity contribution in [3.05, 3.63) is 12.7 Å². The number of aliphatic hydroxyl groups excluding tert-OH is 2. The molecule has 2 rings (SSSR count). The van der Waals surface area contributed by atoms with Gasteiger partial charge in [-0.25, -0.2) is 0 Å². The Morgan fingerprint density at radius 3 is 2.15 bits per heavy atom. The van der Waals surface area contributed by atoms with Gasteiger partial charge in [-0.05, 0) is 27.7 Å². The number of hydrogen-bond donors (Lipinski definition) is 2. The maximum atomic E-state index is 10.0. The molecular weight excluding hydrogens is 264 g/mol. The molecule has 2 aliphatic rings. The molecule has 6 heteroatoms. The molecule has 2 saturated heterocycles. The summed E-state index contributed by atoms with van der Waals surface area (Å²) in [5, 5.41) is 19.5. The molecule has 116 valence electrons. The van der Waals surface area contributed by atoms with Crippen LogP contribution in [0.5, 0.6) is 0 Å². The van der Waals surface area contributed by atoms with Crippen molar-refractivity contribution in [1.82, 2.24) is 0 Å². The van der Waals surface area contributed by atoms with Crippen molar-refractivity contribution >= 4 is 0 Å². The maximum absolute atomic E-state index is 10.0. The van der Waals surface area contributed by atoms with Gasteiger partial charge >= 0.3 is 0 Å². The van der Waals surface area contributed by atoms with E-state index < -0.39 is 42.1 Å². The summed E-state index contributed by atoms with van der Waals surface area (Å²) in [6, 6.07) is 0. The summed E-state index contributed by atoms with van der Waals surface area (Å²) in [6.07, 6.45) is -1.68. The van der Waals surface area contributed by atoms with Gasteiger partial charge < -0.3 is 29.2 Å². The SMILES string of the molecule is C=C[C@@H](O)[C@@H]1OC(C)(C)O[C@H]1[C@@H]1OC(C)(C)O[C@@H]1CO. The Hall–Kier alpha value is -0.500. The highest BCUT2D eigenvalue weighted by molar-refractivity contribution is 5.01. The third-order valence-electron chi connectivity index (χ3n) is 3.47. The van der Waals surface area contributed by atoms with Crippen molar-refractivity contribution in [2.24, 2.45) is 0 Å². The molecule has 2 aliphatic heterocycles. The topological polar surface area (TPSA) is 77.4 Å². The highest BCUT2D eigenvalue weighted by Gasteiger charge is 2.54. The lowest BCUT2D eigenvalue weighted by atomic mass is 9.99. The van der Waals surface area contributed by atoms with Crippen LogP contribution in [-0.2, 0) is 18.9 Å². The standard InChI is InChI=1S/C14H24O6/c1-6-8(16)10-12(20-14(4,5)18-10)11-9(7-15)17-13(2,3)19-11/h6,8-12,15-16H,1,7H2,2-5H3/t8-,9-,10+,11-,12-/m1/s1. The number of ether oxygens (including phenoxy) is 4. The van der Waals surface area contributed by atoms with Crippen molar-refractivity contribution in [2.45, 2.75) is 69.8 Å². The van der Waals surface area contributed by atoms with Gasteiger partial charge in [-0.2, -0.15) is 0 Å². The second kappa shape index (κ2) is 5.36. The molecule has 0 aromatic carbocycles. The first-order chi connectivity index (χ1) is 9.19. The first kappa shape index (κ1) is 15.9. The molecule has 0 aromatic heterocycles. The molecule has 2 N–H and O–H groups in total. The van der Waals surface area contributed by atoms with Gasteiger partial charge in [0, 0.05) is 0 Å². The monoisotopic (exact) mass is 288 g/mol. The van der Waals surface area contributed by atoms with Crippen molar-refractivity contribution < 1.29 is 29.2 Å². The predicted molar refractivity (Wildman–Crippen MR) is 70.9 cm³/mol. The predicted octanol–water partition coefficient (Wildman–Crippen LogP) is 0.566. The summed E-state index contributed by atoms with van der Waals surface area (Å²) < 4.78 is 23.0. The minimum atomic E-state index is -0.881. The third kappa shape index (κ3) is 3.05.